The van der Waals surface area contributed by atoms with Gasteiger partial charge >= 0.3 is 0 Å². The van der Waals surface area contributed by atoms with E-state index in [1.165, 1.54) is 7.11 Å². The number of ether oxygens (including phenoxy) is 2. The summed E-state index contributed by atoms with van der Waals surface area (Å²) >= 11 is 3.46. The molecule has 1 aliphatic heterocycles. The Bertz CT molecular complexity index is 905. The summed E-state index contributed by atoms with van der Waals surface area (Å²) in [6, 6.07) is 6.47. The molecule has 0 bridgehead atoms. The van der Waals surface area contributed by atoms with Gasteiger partial charge in [-0.25, -0.2) is 4.39 Å². The standard InChI is InChI=1S/C19H20BrFN2O4/c1-3-9-14(23-19(25)17(9)21)8-27-15-5-4-13(20)10-6-12(18(22)24)16(26-2)7-11(10)15/h4-7,9,14,17H,3,8H2,1-2H3,(H2,22,24)(H,23,25)/t9-,14?,17-/m0/s1. The number of halogens is 2. The molecule has 2 aromatic rings. The van der Waals surface area contributed by atoms with E-state index in [4.69, 9.17) is 15.2 Å². The molecular formula is C19H20BrFN2O4. The van der Waals surface area contributed by atoms with E-state index in [2.05, 4.69) is 21.2 Å². The fourth-order valence-electron chi connectivity index (χ4n) is 3.40. The third-order valence-electron chi connectivity index (χ3n) is 4.87. The van der Waals surface area contributed by atoms with Crippen LogP contribution in [-0.2, 0) is 4.79 Å². The van der Waals surface area contributed by atoms with Crippen LogP contribution >= 0.6 is 15.9 Å². The number of alkyl halides is 1. The van der Waals surface area contributed by atoms with Crippen molar-refractivity contribution in [3.63, 3.8) is 0 Å². The van der Waals surface area contributed by atoms with Crippen molar-refractivity contribution in [2.75, 3.05) is 13.7 Å². The van der Waals surface area contributed by atoms with Crippen molar-refractivity contribution in [1.29, 1.82) is 0 Å². The van der Waals surface area contributed by atoms with Crippen LogP contribution in [0.2, 0.25) is 0 Å². The van der Waals surface area contributed by atoms with Gasteiger partial charge in [-0.3, -0.25) is 9.59 Å². The van der Waals surface area contributed by atoms with Gasteiger partial charge in [0.25, 0.3) is 11.8 Å². The van der Waals surface area contributed by atoms with Gasteiger partial charge in [-0.05, 0) is 30.7 Å². The lowest BCUT2D eigenvalue weighted by Gasteiger charge is -2.20. The maximum atomic E-state index is 13.9. The molecule has 0 aromatic heterocycles. The number of nitrogens with two attached hydrogens (primary N) is 1. The van der Waals surface area contributed by atoms with Gasteiger partial charge in [0.15, 0.2) is 6.17 Å². The lowest BCUT2D eigenvalue weighted by atomic mass is 9.97. The monoisotopic (exact) mass is 438 g/mol. The van der Waals surface area contributed by atoms with Crippen LogP contribution in [0.5, 0.6) is 11.5 Å². The average molecular weight is 439 g/mol. The van der Waals surface area contributed by atoms with Gasteiger partial charge in [-0.2, -0.15) is 0 Å². The molecule has 0 spiro atoms. The molecule has 1 aliphatic rings. The van der Waals surface area contributed by atoms with Crippen LogP contribution < -0.4 is 20.5 Å². The molecule has 3 N–H and O–H groups in total. The number of rotatable bonds is 6. The first kappa shape index (κ1) is 19.4. The molecule has 0 saturated carbocycles. The Morgan fingerprint density at radius 2 is 2.04 bits per heavy atom. The molecule has 144 valence electrons. The summed E-state index contributed by atoms with van der Waals surface area (Å²) in [6.45, 7) is 1.98. The fraction of sp³-hybridized carbons (Fsp3) is 0.368. The van der Waals surface area contributed by atoms with Gasteiger partial charge in [-0.15, -0.1) is 0 Å². The minimum atomic E-state index is -1.51. The molecule has 1 unspecified atom stereocenters. The van der Waals surface area contributed by atoms with Crippen molar-refractivity contribution < 1.29 is 23.5 Å². The van der Waals surface area contributed by atoms with Crippen LogP contribution in [0.4, 0.5) is 4.39 Å². The van der Waals surface area contributed by atoms with Crippen LogP contribution in [0, 0.1) is 5.92 Å². The van der Waals surface area contributed by atoms with E-state index in [1.807, 2.05) is 6.92 Å². The Balaban J connectivity index is 1.94. The van der Waals surface area contributed by atoms with Crippen molar-refractivity contribution in [3.8, 4) is 11.5 Å². The van der Waals surface area contributed by atoms with Gasteiger partial charge in [0.1, 0.15) is 18.1 Å². The normalized spacial score (nSPS) is 21.9. The molecule has 27 heavy (non-hydrogen) atoms. The molecule has 3 atom stereocenters. The second-order valence-corrected chi connectivity index (χ2v) is 7.26. The molecule has 0 radical (unpaired) electrons. The number of primary amides is 1. The van der Waals surface area contributed by atoms with Crippen molar-refractivity contribution >= 4 is 38.5 Å². The summed E-state index contributed by atoms with van der Waals surface area (Å²) in [5.74, 6) is -0.740. The molecular weight excluding hydrogens is 419 g/mol. The number of carbonyl (C=O) groups is 2. The zero-order valence-electron chi connectivity index (χ0n) is 14.9. The molecule has 2 amide bonds. The third-order valence-corrected chi connectivity index (χ3v) is 5.56. The summed E-state index contributed by atoms with van der Waals surface area (Å²) in [5.41, 5.74) is 5.69. The van der Waals surface area contributed by atoms with Crippen LogP contribution in [0.1, 0.15) is 23.7 Å². The van der Waals surface area contributed by atoms with E-state index in [9.17, 15) is 14.0 Å². The van der Waals surface area contributed by atoms with Crippen LogP contribution in [0.15, 0.2) is 28.7 Å². The molecule has 1 fully saturated rings. The molecule has 8 heteroatoms. The molecule has 2 aromatic carbocycles. The predicted octanol–water partition coefficient (Wildman–Crippen LogP) is 2.95. The number of methoxy groups -OCH3 is 1. The third kappa shape index (κ3) is 3.58. The number of hydrogen-bond acceptors (Lipinski definition) is 4. The number of nitrogens with one attached hydrogen (secondary N) is 1. The summed E-state index contributed by atoms with van der Waals surface area (Å²) in [6.07, 6.45) is -0.978. The first-order valence-electron chi connectivity index (χ1n) is 8.54. The second-order valence-electron chi connectivity index (χ2n) is 6.41. The minimum absolute atomic E-state index is 0.140. The lowest BCUT2D eigenvalue weighted by molar-refractivity contribution is -0.123. The fourth-order valence-corrected chi connectivity index (χ4v) is 3.86. The Kier molecular flexibility index (Phi) is 5.55. The summed E-state index contributed by atoms with van der Waals surface area (Å²) in [7, 11) is 1.45. The van der Waals surface area contributed by atoms with E-state index in [1.54, 1.807) is 24.3 Å². The predicted molar refractivity (Wildman–Crippen MR) is 103 cm³/mol. The Morgan fingerprint density at radius 3 is 2.67 bits per heavy atom. The number of hydrogen-bond donors (Lipinski definition) is 2. The largest absolute Gasteiger partial charge is 0.496 e. The number of benzene rings is 2. The van der Waals surface area contributed by atoms with Crippen LogP contribution in [0.25, 0.3) is 10.8 Å². The average Bonchev–Trinajstić information content (AvgIpc) is 2.93. The smallest absolute Gasteiger partial charge is 0.255 e. The Labute approximate surface area is 164 Å². The highest BCUT2D eigenvalue weighted by atomic mass is 79.9. The highest BCUT2D eigenvalue weighted by molar-refractivity contribution is 9.10. The van der Waals surface area contributed by atoms with Gasteiger partial charge in [0.2, 0.25) is 0 Å². The van der Waals surface area contributed by atoms with Crippen LogP contribution in [-0.4, -0.2) is 37.7 Å². The topological polar surface area (TPSA) is 90.7 Å². The van der Waals surface area contributed by atoms with Gasteiger partial charge < -0.3 is 20.5 Å². The summed E-state index contributed by atoms with van der Waals surface area (Å²) in [4.78, 5) is 23.3. The highest BCUT2D eigenvalue weighted by Crippen LogP contribution is 2.37. The molecule has 1 saturated heterocycles. The van der Waals surface area contributed by atoms with Gasteiger partial charge in [0, 0.05) is 21.2 Å². The van der Waals surface area contributed by atoms with Crippen molar-refractivity contribution in [2.24, 2.45) is 11.7 Å². The molecule has 3 rings (SSSR count). The van der Waals surface area contributed by atoms with Crippen LogP contribution in [0.3, 0.4) is 0 Å². The van der Waals surface area contributed by atoms with E-state index >= 15 is 0 Å². The van der Waals surface area contributed by atoms with E-state index in [0.717, 1.165) is 9.86 Å². The Morgan fingerprint density at radius 1 is 1.30 bits per heavy atom. The SMILES string of the molecule is CC[C@H]1C(COc2ccc(Br)c3cc(C(N)=O)c(OC)cc23)NC(=O)[C@H]1F. The first-order chi connectivity index (χ1) is 12.9. The minimum Gasteiger partial charge on any atom is -0.496 e. The van der Waals surface area contributed by atoms with E-state index in [0.29, 0.717) is 23.3 Å². The van der Waals surface area contributed by atoms with Crippen molar-refractivity contribution in [3.05, 3.63) is 34.3 Å². The highest BCUT2D eigenvalue weighted by Gasteiger charge is 2.41. The quantitative estimate of drug-likeness (QED) is 0.725. The summed E-state index contributed by atoms with van der Waals surface area (Å²) in [5, 5.41) is 4.09. The summed E-state index contributed by atoms with van der Waals surface area (Å²) < 4.78 is 25.9. The first-order valence-corrected chi connectivity index (χ1v) is 9.34. The second kappa shape index (κ2) is 7.72. The molecule has 6 nitrogen and oxygen atoms in total. The van der Waals surface area contributed by atoms with E-state index in [-0.39, 0.29) is 12.2 Å². The number of carbonyl (C=O) groups excluding carboxylic acids is 2. The Hall–Kier alpha value is -2.35. The zero-order chi connectivity index (χ0) is 19.7. The zero-order valence-corrected chi connectivity index (χ0v) is 16.5. The van der Waals surface area contributed by atoms with Crippen molar-refractivity contribution in [2.45, 2.75) is 25.6 Å². The lowest BCUT2D eigenvalue weighted by Crippen LogP contribution is -2.34. The molecule has 0 aliphatic carbocycles. The number of fused-ring (bicyclic) bond motifs is 1. The van der Waals surface area contributed by atoms with Gasteiger partial charge in [-0.1, -0.05) is 22.9 Å². The number of amides is 2. The van der Waals surface area contributed by atoms with Crippen molar-refractivity contribution in [1.82, 2.24) is 5.32 Å². The maximum absolute atomic E-state index is 13.9. The van der Waals surface area contributed by atoms with Gasteiger partial charge in [0.05, 0.1) is 18.7 Å². The maximum Gasteiger partial charge on any atom is 0.255 e. The molecule has 1 heterocycles. The van der Waals surface area contributed by atoms with E-state index < -0.39 is 29.9 Å².